The second kappa shape index (κ2) is 8.86. The molecule has 1 amide bonds. The quantitative estimate of drug-likeness (QED) is 0.746. The normalized spacial score (nSPS) is 12.4. The summed E-state index contributed by atoms with van der Waals surface area (Å²) in [6, 6.07) is 9.13. The van der Waals surface area contributed by atoms with Crippen LogP contribution in [0.5, 0.6) is 5.75 Å². The first-order chi connectivity index (χ1) is 13.4. The zero-order chi connectivity index (χ0) is 21.9. The summed E-state index contributed by atoms with van der Waals surface area (Å²) in [6.45, 7) is 9.51. The van der Waals surface area contributed by atoms with Crippen molar-refractivity contribution in [3.63, 3.8) is 0 Å². The second-order valence-electron chi connectivity index (χ2n) is 7.53. The molecule has 0 aromatic heterocycles. The van der Waals surface area contributed by atoms with Gasteiger partial charge >= 0.3 is 0 Å². The third-order valence-electron chi connectivity index (χ3n) is 5.02. The van der Waals surface area contributed by atoms with E-state index in [9.17, 15) is 13.2 Å². The lowest BCUT2D eigenvalue weighted by Gasteiger charge is -2.25. The van der Waals surface area contributed by atoms with Crippen molar-refractivity contribution in [2.45, 2.75) is 40.7 Å². The molecule has 1 N–H and O–H groups in total. The highest BCUT2D eigenvalue weighted by Crippen LogP contribution is 2.31. The molecule has 6 nitrogen and oxygen atoms in total. The van der Waals surface area contributed by atoms with Crippen LogP contribution in [0.2, 0.25) is 0 Å². The number of anilines is 1. The number of rotatable bonds is 7. The van der Waals surface area contributed by atoms with E-state index < -0.39 is 10.0 Å². The molecular weight excluding hydrogens is 388 g/mol. The number of carbonyl (C=O) groups excluding carboxylic acids is 1. The topological polar surface area (TPSA) is 75.7 Å². The first-order valence-electron chi connectivity index (χ1n) is 9.43. The number of carbonyl (C=O) groups is 1. The molecule has 0 saturated carbocycles. The van der Waals surface area contributed by atoms with Crippen LogP contribution >= 0.6 is 0 Å². The average Bonchev–Trinajstić information content (AvgIpc) is 2.61. The second-order valence-corrected chi connectivity index (χ2v) is 9.43. The third-order valence-corrected chi connectivity index (χ3v) is 6.14. The SMILES string of the molecule is COc1ccc(C)cc1N(CC(=O)N[C@@H](C)c1cc(C)c(C)cc1C)S(C)(=O)=O. The lowest BCUT2D eigenvalue weighted by molar-refractivity contribution is -0.120. The van der Waals surface area contributed by atoms with Crippen LogP contribution in [-0.2, 0) is 14.8 Å². The molecule has 29 heavy (non-hydrogen) atoms. The minimum atomic E-state index is -3.69. The van der Waals surface area contributed by atoms with Gasteiger partial charge in [-0.15, -0.1) is 0 Å². The van der Waals surface area contributed by atoms with Crippen LogP contribution in [0, 0.1) is 27.7 Å². The van der Waals surface area contributed by atoms with E-state index in [1.165, 1.54) is 12.7 Å². The zero-order valence-electron chi connectivity index (χ0n) is 18.2. The van der Waals surface area contributed by atoms with Gasteiger partial charge < -0.3 is 10.1 Å². The summed E-state index contributed by atoms with van der Waals surface area (Å²) in [7, 11) is -2.22. The number of hydrogen-bond donors (Lipinski definition) is 1. The van der Waals surface area contributed by atoms with E-state index in [0.717, 1.165) is 32.8 Å². The van der Waals surface area contributed by atoms with Crippen LogP contribution in [0.4, 0.5) is 5.69 Å². The first-order valence-corrected chi connectivity index (χ1v) is 11.3. The summed E-state index contributed by atoms with van der Waals surface area (Å²) in [6.07, 6.45) is 1.08. The fraction of sp³-hybridized carbons (Fsp3) is 0.409. The molecule has 2 aromatic carbocycles. The standard InChI is InChI=1S/C22H30N2O4S/c1-14-8-9-21(28-6)20(10-14)24(29(7,26)27)13-22(25)23-18(5)19-12-16(3)15(2)11-17(19)4/h8-12,18H,13H2,1-7H3,(H,23,25)/t18-/m0/s1. The molecule has 0 unspecified atom stereocenters. The summed E-state index contributed by atoms with van der Waals surface area (Å²) in [5, 5.41) is 2.92. The van der Waals surface area contributed by atoms with E-state index in [4.69, 9.17) is 4.74 Å². The Kier molecular flexibility index (Phi) is 6.95. The molecule has 0 aliphatic heterocycles. The number of amides is 1. The summed E-state index contributed by atoms with van der Waals surface area (Å²) in [4.78, 5) is 12.7. The van der Waals surface area contributed by atoms with Gasteiger partial charge in [0.05, 0.1) is 25.1 Å². The number of hydrogen-bond acceptors (Lipinski definition) is 4. The van der Waals surface area contributed by atoms with Crippen molar-refractivity contribution in [1.82, 2.24) is 5.32 Å². The Balaban J connectivity index is 2.28. The van der Waals surface area contributed by atoms with Crippen molar-refractivity contribution in [3.8, 4) is 5.75 Å². The van der Waals surface area contributed by atoms with E-state index in [-0.39, 0.29) is 18.5 Å². The molecule has 0 heterocycles. The fourth-order valence-corrected chi connectivity index (χ4v) is 4.17. The Morgan fingerprint density at radius 2 is 1.69 bits per heavy atom. The smallest absolute Gasteiger partial charge is 0.241 e. The van der Waals surface area contributed by atoms with E-state index in [0.29, 0.717) is 11.4 Å². The minimum absolute atomic E-state index is 0.248. The third kappa shape index (κ3) is 5.50. The molecule has 1 atom stereocenters. The fourth-order valence-electron chi connectivity index (χ4n) is 3.32. The largest absolute Gasteiger partial charge is 0.495 e. The maximum atomic E-state index is 12.7. The maximum absolute atomic E-state index is 12.7. The van der Waals surface area contributed by atoms with E-state index in [1.807, 2.05) is 33.8 Å². The molecule has 158 valence electrons. The van der Waals surface area contributed by atoms with Crippen molar-refractivity contribution in [2.24, 2.45) is 0 Å². The molecular formula is C22H30N2O4S. The summed E-state index contributed by atoms with van der Waals surface area (Å²) < 4.78 is 31.2. The van der Waals surface area contributed by atoms with Gasteiger partial charge in [0, 0.05) is 0 Å². The zero-order valence-corrected chi connectivity index (χ0v) is 19.0. The van der Waals surface area contributed by atoms with E-state index in [1.54, 1.807) is 12.1 Å². The molecule has 0 bridgehead atoms. The molecule has 0 saturated heterocycles. The van der Waals surface area contributed by atoms with Gasteiger partial charge in [0.25, 0.3) is 0 Å². The molecule has 7 heteroatoms. The van der Waals surface area contributed by atoms with Gasteiger partial charge in [-0.3, -0.25) is 9.10 Å². The van der Waals surface area contributed by atoms with Crippen LogP contribution < -0.4 is 14.4 Å². The van der Waals surface area contributed by atoms with E-state index in [2.05, 4.69) is 24.4 Å². The lowest BCUT2D eigenvalue weighted by atomic mass is 9.96. The Bertz CT molecular complexity index is 1020. The molecule has 2 rings (SSSR count). The number of nitrogens with one attached hydrogen (secondary N) is 1. The number of sulfonamides is 1. The summed E-state index contributed by atoms with van der Waals surface area (Å²) in [5.41, 5.74) is 5.66. The highest BCUT2D eigenvalue weighted by Gasteiger charge is 2.25. The Labute approximate surface area is 173 Å². The van der Waals surface area contributed by atoms with Gasteiger partial charge in [0.15, 0.2) is 0 Å². The van der Waals surface area contributed by atoms with E-state index >= 15 is 0 Å². The van der Waals surface area contributed by atoms with Gasteiger partial charge in [0.2, 0.25) is 15.9 Å². The van der Waals surface area contributed by atoms with Gasteiger partial charge in [-0.25, -0.2) is 8.42 Å². The summed E-state index contributed by atoms with van der Waals surface area (Å²) >= 11 is 0. The summed E-state index contributed by atoms with van der Waals surface area (Å²) in [5.74, 6) is 0.0102. The monoisotopic (exact) mass is 418 g/mol. The van der Waals surface area contributed by atoms with Crippen molar-refractivity contribution in [3.05, 3.63) is 58.1 Å². The average molecular weight is 419 g/mol. The van der Waals surface area contributed by atoms with Crippen molar-refractivity contribution >= 4 is 21.6 Å². The van der Waals surface area contributed by atoms with Crippen LogP contribution in [0.25, 0.3) is 0 Å². The predicted molar refractivity (Wildman–Crippen MR) is 117 cm³/mol. The number of nitrogens with zero attached hydrogens (tertiary/aromatic N) is 1. The first kappa shape index (κ1) is 22.7. The molecule has 0 aliphatic rings. The van der Waals surface area contributed by atoms with Crippen LogP contribution in [0.15, 0.2) is 30.3 Å². The van der Waals surface area contributed by atoms with Crippen molar-refractivity contribution in [2.75, 3.05) is 24.2 Å². The number of benzene rings is 2. The Hall–Kier alpha value is -2.54. The maximum Gasteiger partial charge on any atom is 0.241 e. The molecule has 0 radical (unpaired) electrons. The molecule has 2 aromatic rings. The van der Waals surface area contributed by atoms with Crippen molar-refractivity contribution < 1.29 is 17.9 Å². The van der Waals surface area contributed by atoms with Crippen LogP contribution in [0.3, 0.4) is 0 Å². The molecule has 0 fully saturated rings. The number of ether oxygens (including phenoxy) is 1. The number of methoxy groups -OCH3 is 1. The van der Waals surface area contributed by atoms with Crippen molar-refractivity contribution in [1.29, 1.82) is 0 Å². The Morgan fingerprint density at radius 1 is 1.07 bits per heavy atom. The van der Waals surface area contributed by atoms with Gasteiger partial charge in [-0.1, -0.05) is 18.2 Å². The molecule has 0 spiro atoms. The van der Waals surface area contributed by atoms with Gasteiger partial charge in [-0.2, -0.15) is 0 Å². The predicted octanol–water partition coefficient (Wildman–Crippen LogP) is 3.57. The highest BCUT2D eigenvalue weighted by atomic mass is 32.2. The van der Waals surface area contributed by atoms with Gasteiger partial charge in [-0.05, 0) is 74.6 Å². The lowest BCUT2D eigenvalue weighted by Crippen LogP contribution is -2.41. The number of aryl methyl sites for hydroxylation is 4. The van der Waals surface area contributed by atoms with Crippen LogP contribution in [-0.4, -0.2) is 34.2 Å². The minimum Gasteiger partial charge on any atom is -0.495 e. The Morgan fingerprint density at radius 3 is 2.28 bits per heavy atom. The molecule has 0 aliphatic carbocycles. The highest BCUT2D eigenvalue weighted by molar-refractivity contribution is 7.92. The van der Waals surface area contributed by atoms with Gasteiger partial charge in [0.1, 0.15) is 12.3 Å². The van der Waals surface area contributed by atoms with Crippen LogP contribution in [0.1, 0.15) is 40.8 Å².